The summed E-state index contributed by atoms with van der Waals surface area (Å²) in [6.45, 7) is 0.695. The Morgan fingerprint density at radius 3 is 2.90 bits per heavy atom. The maximum absolute atomic E-state index is 12.1. The Bertz CT molecular complexity index is 1040. The number of nitrogens with zero attached hydrogens (tertiary/aromatic N) is 3. The second-order valence-electron chi connectivity index (χ2n) is 6.41. The second-order valence-corrected chi connectivity index (χ2v) is 9.61. The molecule has 1 aromatic carbocycles. The number of fused-ring (bicyclic) bond motifs is 1. The van der Waals surface area contributed by atoms with Gasteiger partial charge in [-0.15, -0.1) is 22.7 Å². The Morgan fingerprint density at radius 2 is 2.03 bits per heavy atom. The molecule has 29 heavy (non-hydrogen) atoms. The molecule has 0 spiro atoms. The van der Waals surface area contributed by atoms with E-state index in [-0.39, 0.29) is 5.91 Å². The number of thioether (sulfide) groups is 1. The number of aromatic nitrogens is 3. The number of pyridine rings is 1. The molecule has 148 valence electrons. The molecule has 0 fully saturated rings. The zero-order valence-corrected chi connectivity index (χ0v) is 18.2. The van der Waals surface area contributed by atoms with E-state index in [1.165, 1.54) is 11.8 Å². The fourth-order valence-corrected chi connectivity index (χ4v) is 5.54. The molecule has 0 aliphatic rings. The quantitative estimate of drug-likeness (QED) is 0.291. The molecule has 3 heterocycles. The van der Waals surface area contributed by atoms with E-state index in [1.54, 1.807) is 28.9 Å². The molecule has 0 saturated carbocycles. The third kappa shape index (κ3) is 5.62. The summed E-state index contributed by atoms with van der Waals surface area (Å²) in [5, 5.41) is 6.20. The van der Waals surface area contributed by atoms with Crippen molar-refractivity contribution < 1.29 is 4.79 Å². The van der Waals surface area contributed by atoms with Gasteiger partial charge in [0.05, 0.1) is 26.7 Å². The van der Waals surface area contributed by atoms with Gasteiger partial charge in [-0.3, -0.25) is 9.78 Å². The fourth-order valence-electron chi connectivity index (χ4n) is 2.79. The summed E-state index contributed by atoms with van der Waals surface area (Å²) in [6, 6.07) is 12.0. The van der Waals surface area contributed by atoms with Crippen molar-refractivity contribution in [3.05, 3.63) is 59.2 Å². The van der Waals surface area contributed by atoms with E-state index in [9.17, 15) is 4.79 Å². The van der Waals surface area contributed by atoms with Crippen LogP contribution in [0.15, 0.2) is 58.5 Å². The van der Waals surface area contributed by atoms with Crippen molar-refractivity contribution in [2.24, 2.45) is 0 Å². The molecular formula is C21H20N4OS3. The van der Waals surface area contributed by atoms with Gasteiger partial charge >= 0.3 is 0 Å². The minimum absolute atomic E-state index is 0.0577. The number of carbonyl (C=O) groups is 1. The van der Waals surface area contributed by atoms with Gasteiger partial charge in [0.25, 0.3) is 0 Å². The van der Waals surface area contributed by atoms with Crippen LogP contribution in [-0.4, -0.2) is 33.2 Å². The molecule has 0 aliphatic heterocycles. The van der Waals surface area contributed by atoms with Crippen LogP contribution in [0.3, 0.4) is 0 Å². The van der Waals surface area contributed by atoms with E-state index >= 15 is 0 Å². The fraction of sp³-hybridized carbons (Fsp3) is 0.238. The van der Waals surface area contributed by atoms with Crippen LogP contribution in [0.1, 0.15) is 17.8 Å². The summed E-state index contributed by atoms with van der Waals surface area (Å²) in [5.41, 5.74) is 3.03. The second kappa shape index (κ2) is 9.96. The largest absolute Gasteiger partial charge is 0.355 e. The number of hydrogen-bond donors (Lipinski definition) is 1. The number of para-hydroxylation sites is 1. The molecule has 0 atom stereocenters. The van der Waals surface area contributed by atoms with E-state index in [2.05, 4.69) is 31.7 Å². The highest BCUT2D eigenvalue weighted by Crippen LogP contribution is 2.29. The number of nitrogens with one attached hydrogen (secondary N) is 1. The summed E-state index contributed by atoms with van der Waals surface area (Å²) in [6.07, 6.45) is 6.48. The molecule has 0 bridgehead atoms. The lowest BCUT2D eigenvalue weighted by Crippen LogP contribution is -2.26. The summed E-state index contributed by atoms with van der Waals surface area (Å²) in [4.78, 5) is 25.4. The first-order valence-corrected chi connectivity index (χ1v) is 12.1. The van der Waals surface area contributed by atoms with E-state index in [4.69, 9.17) is 0 Å². The van der Waals surface area contributed by atoms with Gasteiger partial charge in [0.15, 0.2) is 4.34 Å². The summed E-state index contributed by atoms with van der Waals surface area (Å²) in [5.74, 6) is 0.461. The first-order chi connectivity index (χ1) is 14.3. The number of amides is 1. The normalized spacial score (nSPS) is 11.0. The topological polar surface area (TPSA) is 67.8 Å². The summed E-state index contributed by atoms with van der Waals surface area (Å²) >= 11 is 4.81. The molecule has 1 N–H and O–H groups in total. The molecule has 1 amide bonds. The number of benzene rings is 1. The van der Waals surface area contributed by atoms with Crippen LogP contribution in [0.25, 0.3) is 21.5 Å². The lowest BCUT2D eigenvalue weighted by Gasteiger charge is -2.03. The van der Waals surface area contributed by atoms with E-state index in [0.29, 0.717) is 12.3 Å². The van der Waals surface area contributed by atoms with Crippen molar-refractivity contribution in [3.63, 3.8) is 0 Å². The molecule has 5 nitrogen and oxygen atoms in total. The van der Waals surface area contributed by atoms with E-state index in [1.807, 2.05) is 36.5 Å². The smallest absolute Gasteiger partial charge is 0.230 e. The van der Waals surface area contributed by atoms with Crippen molar-refractivity contribution in [2.45, 2.75) is 23.6 Å². The van der Waals surface area contributed by atoms with Crippen LogP contribution in [0.2, 0.25) is 0 Å². The van der Waals surface area contributed by atoms with Gasteiger partial charge in [-0.1, -0.05) is 23.9 Å². The number of hydrogen-bond acceptors (Lipinski definition) is 7. The summed E-state index contributed by atoms with van der Waals surface area (Å²) in [7, 11) is 0. The number of unbranched alkanes of at least 4 members (excludes halogenated alkanes) is 1. The SMILES string of the molecule is O=C(CSc1nc2ccccc2s1)NCCCCc1nc(-c2cccnc2)cs1. The van der Waals surface area contributed by atoms with Gasteiger partial charge in [0.1, 0.15) is 0 Å². The van der Waals surface area contributed by atoms with Gasteiger partial charge in [0, 0.05) is 29.9 Å². The highest BCUT2D eigenvalue weighted by Gasteiger charge is 2.08. The minimum Gasteiger partial charge on any atom is -0.355 e. The lowest BCUT2D eigenvalue weighted by atomic mass is 10.2. The molecule has 0 saturated heterocycles. The Labute approximate surface area is 181 Å². The zero-order chi connectivity index (χ0) is 19.9. The predicted octanol–water partition coefficient (Wildman–Crippen LogP) is 5.05. The number of rotatable bonds is 9. The molecule has 0 unspecified atom stereocenters. The Morgan fingerprint density at radius 1 is 1.10 bits per heavy atom. The Kier molecular flexibility index (Phi) is 6.87. The lowest BCUT2D eigenvalue weighted by molar-refractivity contribution is -0.118. The van der Waals surface area contributed by atoms with Crippen molar-refractivity contribution in [1.29, 1.82) is 0 Å². The highest BCUT2D eigenvalue weighted by atomic mass is 32.2. The van der Waals surface area contributed by atoms with Crippen molar-refractivity contribution >= 4 is 50.6 Å². The van der Waals surface area contributed by atoms with Crippen LogP contribution >= 0.6 is 34.4 Å². The first kappa shape index (κ1) is 20.0. The predicted molar refractivity (Wildman–Crippen MR) is 122 cm³/mol. The Hall–Kier alpha value is -2.29. The average molecular weight is 441 g/mol. The minimum atomic E-state index is 0.0577. The number of aryl methyl sites for hydroxylation is 1. The van der Waals surface area contributed by atoms with Crippen LogP contribution in [0.4, 0.5) is 0 Å². The van der Waals surface area contributed by atoms with Gasteiger partial charge in [-0.25, -0.2) is 9.97 Å². The third-order valence-electron chi connectivity index (χ3n) is 4.25. The molecule has 3 aromatic heterocycles. The van der Waals surface area contributed by atoms with E-state index in [0.717, 1.165) is 50.1 Å². The van der Waals surface area contributed by atoms with Crippen LogP contribution in [0, 0.1) is 0 Å². The number of thiazole rings is 2. The molecular weight excluding hydrogens is 420 g/mol. The third-order valence-corrected chi connectivity index (χ3v) is 7.34. The van der Waals surface area contributed by atoms with Gasteiger partial charge in [-0.05, 0) is 43.5 Å². The standard InChI is InChI=1S/C21H20N4OS3/c26-19(14-28-21-25-16-7-1-2-8-18(16)29-21)23-11-4-3-9-20-24-17(13-27-20)15-6-5-10-22-12-15/h1-2,5-8,10,12-13H,3-4,9,11,14H2,(H,23,26). The monoisotopic (exact) mass is 440 g/mol. The maximum atomic E-state index is 12.1. The average Bonchev–Trinajstić information content (AvgIpc) is 3.39. The van der Waals surface area contributed by atoms with Crippen molar-refractivity contribution in [1.82, 2.24) is 20.3 Å². The Balaban J connectivity index is 1.13. The van der Waals surface area contributed by atoms with Crippen molar-refractivity contribution in [3.8, 4) is 11.3 Å². The van der Waals surface area contributed by atoms with Crippen LogP contribution < -0.4 is 5.32 Å². The molecule has 0 aliphatic carbocycles. The number of carbonyl (C=O) groups excluding carboxylic acids is 1. The van der Waals surface area contributed by atoms with E-state index < -0.39 is 0 Å². The molecule has 0 radical (unpaired) electrons. The maximum Gasteiger partial charge on any atom is 0.230 e. The van der Waals surface area contributed by atoms with Crippen LogP contribution in [-0.2, 0) is 11.2 Å². The molecule has 8 heteroatoms. The zero-order valence-electron chi connectivity index (χ0n) is 15.7. The van der Waals surface area contributed by atoms with Gasteiger partial charge < -0.3 is 5.32 Å². The summed E-state index contributed by atoms with van der Waals surface area (Å²) < 4.78 is 2.10. The van der Waals surface area contributed by atoms with Crippen molar-refractivity contribution in [2.75, 3.05) is 12.3 Å². The van der Waals surface area contributed by atoms with Gasteiger partial charge in [-0.2, -0.15) is 0 Å². The molecule has 4 rings (SSSR count). The highest BCUT2D eigenvalue weighted by molar-refractivity contribution is 8.01. The van der Waals surface area contributed by atoms with Gasteiger partial charge in [0.2, 0.25) is 5.91 Å². The van der Waals surface area contributed by atoms with Crippen LogP contribution in [0.5, 0.6) is 0 Å². The molecule has 4 aromatic rings. The first-order valence-electron chi connectivity index (χ1n) is 9.38.